The van der Waals surface area contributed by atoms with E-state index in [-0.39, 0.29) is 5.57 Å². The zero-order valence-electron chi connectivity index (χ0n) is 13.1. The van der Waals surface area contributed by atoms with E-state index in [9.17, 15) is 35.7 Å². The Bertz CT molecular complexity index is 548. The molecular weight excluding hydrogens is 340 g/mol. The molecule has 10 nitrogen and oxygen atoms in total. The molecule has 0 spiro atoms. The summed E-state index contributed by atoms with van der Waals surface area (Å²) in [5.74, 6) is -0.982. The summed E-state index contributed by atoms with van der Waals surface area (Å²) in [7, 11) is 0. The van der Waals surface area contributed by atoms with Crippen molar-refractivity contribution in [1.29, 1.82) is 0 Å². The van der Waals surface area contributed by atoms with E-state index in [1.807, 2.05) is 0 Å². The van der Waals surface area contributed by atoms with Crippen molar-refractivity contribution in [2.75, 3.05) is 13.2 Å². The van der Waals surface area contributed by atoms with Crippen LogP contribution >= 0.6 is 0 Å². The van der Waals surface area contributed by atoms with Crippen molar-refractivity contribution in [3.63, 3.8) is 0 Å². The van der Waals surface area contributed by atoms with E-state index in [1.165, 1.54) is 12.2 Å². The molecular formula is C15H22O10. The van der Waals surface area contributed by atoms with Gasteiger partial charge < -0.3 is 50.0 Å². The number of fused-ring (bicyclic) bond motifs is 1. The highest BCUT2D eigenvalue weighted by atomic mass is 16.8. The second-order valence-electron chi connectivity index (χ2n) is 6.35. The van der Waals surface area contributed by atoms with Gasteiger partial charge in [0, 0.05) is 0 Å². The first-order valence-electron chi connectivity index (χ1n) is 7.84. The molecule has 2 aliphatic heterocycles. The van der Waals surface area contributed by atoms with Gasteiger partial charge in [-0.3, -0.25) is 0 Å². The van der Waals surface area contributed by atoms with Gasteiger partial charge in [-0.1, -0.05) is 6.08 Å². The zero-order valence-corrected chi connectivity index (χ0v) is 13.1. The smallest absolute Gasteiger partial charge is 0.211 e. The largest absolute Gasteiger partial charge is 0.472 e. The average Bonchev–Trinajstić information content (AvgIpc) is 2.87. The lowest BCUT2D eigenvalue weighted by molar-refractivity contribution is -0.344. The minimum atomic E-state index is -1.77. The molecule has 0 saturated carbocycles. The topological polar surface area (TPSA) is 169 Å². The molecule has 1 fully saturated rings. The van der Waals surface area contributed by atoms with E-state index in [0.717, 1.165) is 6.26 Å². The van der Waals surface area contributed by atoms with Crippen molar-refractivity contribution < 1.29 is 50.0 Å². The molecule has 7 N–H and O–H groups in total. The molecule has 1 unspecified atom stereocenters. The molecule has 3 rings (SSSR count). The maximum absolute atomic E-state index is 10.6. The van der Waals surface area contributed by atoms with Crippen molar-refractivity contribution in [1.82, 2.24) is 0 Å². The maximum Gasteiger partial charge on any atom is 0.211 e. The Balaban J connectivity index is 1.80. The molecule has 0 amide bonds. The Kier molecular flexibility index (Phi) is 5.17. The summed E-state index contributed by atoms with van der Waals surface area (Å²) in [5.41, 5.74) is -1.50. The zero-order chi connectivity index (χ0) is 18.4. The summed E-state index contributed by atoms with van der Waals surface area (Å²) in [6.45, 7) is -1.08. The summed E-state index contributed by atoms with van der Waals surface area (Å²) < 4.78 is 16.0. The third-order valence-corrected chi connectivity index (χ3v) is 4.86. The van der Waals surface area contributed by atoms with Crippen LogP contribution in [0.25, 0.3) is 0 Å². The fraction of sp³-hybridized carbons (Fsp3) is 0.733. The fourth-order valence-corrected chi connectivity index (χ4v) is 3.39. The van der Waals surface area contributed by atoms with Crippen LogP contribution in [0.3, 0.4) is 0 Å². The third-order valence-electron chi connectivity index (χ3n) is 4.86. The molecule has 0 bridgehead atoms. The molecule has 25 heavy (non-hydrogen) atoms. The number of rotatable bonds is 4. The summed E-state index contributed by atoms with van der Waals surface area (Å²) in [6.07, 6.45) is -6.37. The van der Waals surface area contributed by atoms with Gasteiger partial charge in [-0.05, 0) is 11.6 Å². The molecule has 0 radical (unpaired) electrons. The van der Waals surface area contributed by atoms with E-state index in [2.05, 4.69) is 0 Å². The molecule has 0 aromatic rings. The number of hydrogen-bond acceptors (Lipinski definition) is 10. The van der Waals surface area contributed by atoms with Gasteiger partial charge in [0.25, 0.3) is 0 Å². The Morgan fingerprint density at radius 2 is 1.76 bits per heavy atom. The molecule has 0 aromatic heterocycles. The Hall–Kier alpha value is -1.08. The average molecular weight is 362 g/mol. The van der Waals surface area contributed by atoms with E-state index in [1.54, 1.807) is 0 Å². The first-order chi connectivity index (χ1) is 11.8. The van der Waals surface area contributed by atoms with Crippen LogP contribution in [0.4, 0.5) is 0 Å². The van der Waals surface area contributed by atoms with Crippen LogP contribution < -0.4 is 0 Å². The highest BCUT2D eigenvalue weighted by Gasteiger charge is 2.55. The third kappa shape index (κ3) is 2.99. The van der Waals surface area contributed by atoms with E-state index >= 15 is 0 Å². The van der Waals surface area contributed by atoms with Crippen molar-refractivity contribution in [3.05, 3.63) is 24.0 Å². The van der Waals surface area contributed by atoms with Crippen LogP contribution in [-0.4, -0.2) is 97.7 Å². The van der Waals surface area contributed by atoms with Gasteiger partial charge in [0.05, 0.1) is 25.4 Å². The van der Waals surface area contributed by atoms with E-state index in [4.69, 9.17) is 14.2 Å². The lowest BCUT2D eigenvalue weighted by Crippen LogP contribution is -2.61. The summed E-state index contributed by atoms with van der Waals surface area (Å²) in [6, 6.07) is 0. The van der Waals surface area contributed by atoms with Crippen LogP contribution in [0, 0.1) is 5.92 Å². The summed E-state index contributed by atoms with van der Waals surface area (Å²) >= 11 is 0. The SMILES string of the molecule is OCC1=C[C@H](O)[C@@]2(O)C=CO[C@H](O[C@@H]3O[C@H](CO)[C@@H](O)[C@H](O)[C@H]3O)C12. The second-order valence-corrected chi connectivity index (χ2v) is 6.35. The van der Waals surface area contributed by atoms with Crippen LogP contribution in [0.15, 0.2) is 24.0 Å². The highest BCUT2D eigenvalue weighted by Crippen LogP contribution is 2.43. The minimum Gasteiger partial charge on any atom is -0.472 e. The van der Waals surface area contributed by atoms with Crippen molar-refractivity contribution >= 4 is 0 Å². The predicted octanol–water partition coefficient (Wildman–Crippen LogP) is -3.69. The number of aliphatic hydroxyl groups excluding tert-OH is 6. The van der Waals surface area contributed by atoms with Gasteiger partial charge in [0.1, 0.15) is 36.1 Å². The van der Waals surface area contributed by atoms with Crippen molar-refractivity contribution in [2.24, 2.45) is 5.92 Å². The summed E-state index contributed by atoms with van der Waals surface area (Å²) in [4.78, 5) is 0. The summed E-state index contributed by atoms with van der Waals surface area (Å²) in [5, 5.41) is 69.0. The van der Waals surface area contributed by atoms with Gasteiger partial charge in [0.15, 0.2) is 6.29 Å². The molecule has 10 heteroatoms. The Labute approximate surface area is 142 Å². The normalized spacial score (nSPS) is 49.5. The van der Waals surface area contributed by atoms with Crippen molar-refractivity contribution in [3.8, 4) is 0 Å². The molecule has 2 heterocycles. The van der Waals surface area contributed by atoms with Gasteiger partial charge >= 0.3 is 0 Å². The molecule has 9 atom stereocenters. The number of aliphatic hydroxyl groups is 7. The molecule has 0 aromatic carbocycles. The van der Waals surface area contributed by atoms with E-state index in [0.29, 0.717) is 0 Å². The van der Waals surface area contributed by atoms with Crippen LogP contribution in [-0.2, 0) is 14.2 Å². The van der Waals surface area contributed by atoms with Gasteiger partial charge in [-0.15, -0.1) is 0 Å². The Morgan fingerprint density at radius 3 is 2.40 bits per heavy atom. The Morgan fingerprint density at radius 1 is 1.04 bits per heavy atom. The molecule has 1 aliphatic carbocycles. The first kappa shape index (κ1) is 18.7. The quantitative estimate of drug-likeness (QED) is 0.247. The standard InChI is InChI=1S/C15H22O10/c16-4-6-3-8(18)15(22)1-2-23-13(9(6)15)25-14-12(21)11(20)10(19)7(5-17)24-14/h1-3,7-14,16-22H,4-5H2/t7-,8+,9?,10-,11+,12-,13-,14+,15+/m1/s1. The van der Waals surface area contributed by atoms with Gasteiger partial charge in [-0.25, -0.2) is 0 Å². The predicted molar refractivity (Wildman–Crippen MR) is 78.5 cm³/mol. The number of hydrogen-bond donors (Lipinski definition) is 7. The second kappa shape index (κ2) is 6.91. The minimum absolute atomic E-state index is 0.272. The number of ether oxygens (including phenoxy) is 3. The molecule has 1 saturated heterocycles. The molecule has 142 valence electrons. The van der Waals surface area contributed by atoms with Crippen LogP contribution in [0.1, 0.15) is 0 Å². The van der Waals surface area contributed by atoms with Crippen molar-refractivity contribution in [2.45, 2.75) is 48.7 Å². The highest BCUT2D eigenvalue weighted by molar-refractivity contribution is 5.33. The maximum atomic E-state index is 10.6. The first-order valence-corrected chi connectivity index (χ1v) is 7.84. The fourth-order valence-electron chi connectivity index (χ4n) is 3.39. The molecule has 3 aliphatic rings. The lowest BCUT2D eigenvalue weighted by Gasteiger charge is -2.44. The lowest BCUT2D eigenvalue weighted by atomic mass is 9.83. The van der Waals surface area contributed by atoms with Gasteiger partial charge in [0.2, 0.25) is 6.29 Å². The van der Waals surface area contributed by atoms with E-state index < -0.39 is 67.8 Å². The van der Waals surface area contributed by atoms with Crippen LogP contribution in [0.2, 0.25) is 0 Å². The monoisotopic (exact) mass is 362 g/mol. The van der Waals surface area contributed by atoms with Crippen LogP contribution in [0.5, 0.6) is 0 Å². The van der Waals surface area contributed by atoms with Gasteiger partial charge in [-0.2, -0.15) is 0 Å².